The molecule has 0 rings (SSSR count). The van der Waals surface area contributed by atoms with Crippen LogP contribution in [0.3, 0.4) is 0 Å². The fourth-order valence-corrected chi connectivity index (χ4v) is 0.204. The molecule has 0 fully saturated rings. The first-order chi connectivity index (χ1) is 6.83. The normalized spacial score (nSPS) is 8.33. The van der Waals surface area contributed by atoms with Gasteiger partial charge in [0.05, 0.1) is 7.14 Å². The molecule has 0 aliphatic carbocycles. The summed E-state index contributed by atoms with van der Waals surface area (Å²) in [6.07, 6.45) is 1.12. The van der Waals surface area contributed by atoms with Gasteiger partial charge in [0.1, 0.15) is 0 Å². The fraction of sp³-hybridized carbons (Fsp3) is 1.00. The van der Waals surface area contributed by atoms with E-state index in [0.29, 0.717) is 0 Å². The van der Waals surface area contributed by atoms with E-state index in [4.69, 9.17) is 4.74 Å². The Morgan fingerprint density at radius 3 is 1.20 bits per heavy atom. The summed E-state index contributed by atoms with van der Waals surface area (Å²) < 4.78 is 19.2. The second-order valence-corrected chi connectivity index (χ2v) is 7.07. The molecular formula is C11H31O3P. The quantitative estimate of drug-likeness (QED) is 0.694. The van der Waals surface area contributed by atoms with E-state index in [1.165, 1.54) is 0 Å². The molecule has 0 heterocycles. The lowest BCUT2D eigenvalue weighted by Gasteiger charge is -1.86. The van der Waals surface area contributed by atoms with E-state index in [9.17, 15) is 4.57 Å². The largest absolute Gasteiger partial charge is 0.388 e. The Morgan fingerprint density at radius 2 is 1.20 bits per heavy atom. The first kappa shape index (κ1) is 24.4. The minimum atomic E-state index is -1.64. The van der Waals surface area contributed by atoms with Crippen LogP contribution in [0.5, 0.6) is 0 Å². The van der Waals surface area contributed by atoms with E-state index in [1.54, 1.807) is 41.3 Å². The Labute approximate surface area is 96.9 Å². The summed E-state index contributed by atoms with van der Waals surface area (Å²) in [4.78, 5) is 0. The molecule has 4 heteroatoms. The molecular weight excluding hydrogens is 211 g/mol. The van der Waals surface area contributed by atoms with Gasteiger partial charge in [-0.15, -0.1) is 0 Å². The van der Waals surface area contributed by atoms with Gasteiger partial charge in [0.15, 0.2) is 0 Å². The average Bonchev–Trinajstić information content (AvgIpc) is 2.08. The van der Waals surface area contributed by atoms with Crippen molar-refractivity contribution in [2.75, 3.05) is 47.9 Å². The van der Waals surface area contributed by atoms with Crippen molar-refractivity contribution in [3.63, 3.8) is 0 Å². The number of hydrogen-bond donors (Lipinski definition) is 0. The van der Waals surface area contributed by atoms with Crippen LogP contribution in [0.1, 0.15) is 27.2 Å². The van der Waals surface area contributed by atoms with Crippen molar-refractivity contribution in [3.05, 3.63) is 0 Å². The van der Waals surface area contributed by atoms with Crippen LogP contribution in [0.4, 0.5) is 0 Å². The summed E-state index contributed by atoms with van der Waals surface area (Å²) >= 11 is 0. The van der Waals surface area contributed by atoms with Crippen LogP contribution in [0, 0.1) is 0 Å². The van der Waals surface area contributed by atoms with E-state index in [2.05, 4.69) is 11.7 Å². The summed E-state index contributed by atoms with van der Waals surface area (Å²) in [7, 11) is 3.32. The molecule has 0 N–H and O–H groups in total. The van der Waals surface area contributed by atoms with Gasteiger partial charge >= 0.3 is 0 Å². The lowest BCUT2D eigenvalue weighted by Crippen LogP contribution is -1.80. The van der Waals surface area contributed by atoms with Gasteiger partial charge in [0.25, 0.3) is 0 Å². The Morgan fingerprint density at radius 1 is 1.00 bits per heavy atom. The molecule has 0 atom stereocenters. The molecule has 0 amide bonds. The molecule has 0 bridgehead atoms. The molecule has 0 saturated carbocycles. The van der Waals surface area contributed by atoms with Crippen LogP contribution in [-0.4, -0.2) is 47.9 Å². The second-order valence-electron chi connectivity index (χ2n) is 3.29. The van der Waals surface area contributed by atoms with Crippen LogP contribution < -0.4 is 0 Å². The van der Waals surface area contributed by atoms with Gasteiger partial charge in [0, 0.05) is 27.9 Å². The van der Waals surface area contributed by atoms with E-state index in [0.717, 1.165) is 13.0 Å². The van der Waals surface area contributed by atoms with Gasteiger partial charge < -0.3 is 14.0 Å². The van der Waals surface area contributed by atoms with Crippen LogP contribution in [-0.2, 0) is 14.0 Å². The van der Waals surface area contributed by atoms with E-state index >= 15 is 0 Å². The van der Waals surface area contributed by atoms with E-state index in [1.807, 2.05) is 13.8 Å². The molecule has 0 aliphatic heterocycles. The first-order valence-electron chi connectivity index (χ1n) is 5.24. The summed E-state index contributed by atoms with van der Waals surface area (Å²) in [5.41, 5.74) is 0. The molecule has 0 radical (unpaired) electrons. The summed E-state index contributed by atoms with van der Waals surface area (Å²) in [6, 6.07) is 0. The topological polar surface area (TPSA) is 35.5 Å². The van der Waals surface area contributed by atoms with Crippen LogP contribution in [0.15, 0.2) is 0 Å². The standard InChI is InChI=1S/C4H10O.C3H9OP.C2H6O.C2H6/c1-3-4-5-2;1-5(2,3)4;1-3-2;1-2/h3-4H2,1-2H3;1-3H3;1-2H3;1-2H3. The van der Waals surface area contributed by atoms with Crippen molar-refractivity contribution >= 4 is 7.14 Å². The lowest BCUT2D eigenvalue weighted by molar-refractivity contribution is 0.199. The number of hydrogen-bond acceptors (Lipinski definition) is 3. The Kier molecular flexibility index (Phi) is 38.6. The third-order valence-corrected chi connectivity index (χ3v) is 0.408. The Bertz CT molecular complexity index is 100. The second kappa shape index (κ2) is 23.8. The zero-order valence-corrected chi connectivity index (χ0v) is 13.0. The SMILES string of the molecule is CC.CCCOC.COC.CP(C)(C)=O. The summed E-state index contributed by atoms with van der Waals surface area (Å²) in [5.74, 6) is 0. The minimum Gasteiger partial charge on any atom is -0.388 e. The highest BCUT2D eigenvalue weighted by molar-refractivity contribution is 7.61. The van der Waals surface area contributed by atoms with Gasteiger partial charge in [0.2, 0.25) is 0 Å². The van der Waals surface area contributed by atoms with E-state index < -0.39 is 7.14 Å². The maximum Gasteiger partial charge on any atom is 0.0790 e. The highest BCUT2D eigenvalue weighted by Crippen LogP contribution is 2.28. The van der Waals surface area contributed by atoms with Crippen molar-refractivity contribution in [3.8, 4) is 0 Å². The first-order valence-corrected chi connectivity index (χ1v) is 8.29. The molecule has 0 aromatic rings. The van der Waals surface area contributed by atoms with Crippen LogP contribution in [0.2, 0.25) is 0 Å². The average molecular weight is 242 g/mol. The van der Waals surface area contributed by atoms with Gasteiger partial charge in [-0.05, 0) is 26.4 Å². The Balaban J connectivity index is -0.0000000574. The predicted molar refractivity (Wildman–Crippen MR) is 71.8 cm³/mol. The molecule has 0 aliphatic rings. The summed E-state index contributed by atoms with van der Waals surface area (Å²) in [5, 5.41) is 0. The maximum atomic E-state index is 10.2. The van der Waals surface area contributed by atoms with Crippen molar-refractivity contribution in [1.29, 1.82) is 0 Å². The van der Waals surface area contributed by atoms with E-state index in [-0.39, 0.29) is 0 Å². The number of methoxy groups -OCH3 is 2. The molecule has 0 aromatic carbocycles. The molecule has 98 valence electrons. The third kappa shape index (κ3) is 452. The lowest BCUT2D eigenvalue weighted by atomic mass is 10.5. The van der Waals surface area contributed by atoms with Gasteiger partial charge in [-0.25, -0.2) is 0 Å². The van der Waals surface area contributed by atoms with Crippen molar-refractivity contribution in [1.82, 2.24) is 0 Å². The predicted octanol–water partition coefficient (Wildman–Crippen LogP) is 3.57. The smallest absolute Gasteiger partial charge is 0.0790 e. The highest BCUT2D eigenvalue weighted by atomic mass is 31.2. The van der Waals surface area contributed by atoms with Crippen LogP contribution in [0.25, 0.3) is 0 Å². The number of ether oxygens (including phenoxy) is 2. The van der Waals surface area contributed by atoms with Crippen LogP contribution >= 0.6 is 7.14 Å². The van der Waals surface area contributed by atoms with Crippen molar-refractivity contribution < 1.29 is 14.0 Å². The minimum absolute atomic E-state index is 0.889. The third-order valence-electron chi connectivity index (χ3n) is 0.408. The highest BCUT2D eigenvalue weighted by Gasteiger charge is 1.89. The van der Waals surface area contributed by atoms with Gasteiger partial charge in [-0.2, -0.15) is 0 Å². The molecule has 15 heavy (non-hydrogen) atoms. The zero-order valence-electron chi connectivity index (χ0n) is 12.1. The summed E-state index contributed by atoms with van der Waals surface area (Å²) in [6.45, 7) is 12.2. The monoisotopic (exact) mass is 242 g/mol. The maximum absolute atomic E-state index is 10.2. The Hall–Kier alpha value is 0.150. The molecule has 0 unspecified atom stereocenters. The fourth-order valence-electron chi connectivity index (χ4n) is 0.204. The molecule has 0 spiro atoms. The van der Waals surface area contributed by atoms with Crippen molar-refractivity contribution in [2.24, 2.45) is 0 Å². The van der Waals surface area contributed by atoms with Gasteiger partial charge in [-0.3, -0.25) is 0 Å². The molecule has 0 aromatic heterocycles. The molecule has 3 nitrogen and oxygen atoms in total. The zero-order chi connectivity index (χ0) is 13.3. The van der Waals surface area contributed by atoms with Crippen molar-refractivity contribution in [2.45, 2.75) is 27.2 Å². The number of rotatable bonds is 2. The van der Waals surface area contributed by atoms with Gasteiger partial charge in [-0.1, -0.05) is 20.8 Å². The molecule has 0 saturated heterocycles.